The van der Waals surface area contributed by atoms with Gasteiger partial charge < -0.3 is 49.3 Å². The Balaban J connectivity index is 0.966. The van der Waals surface area contributed by atoms with Gasteiger partial charge in [0.05, 0.1) is 53.3 Å². The van der Waals surface area contributed by atoms with E-state index in [1.807, 2.05) is 22.1 Å². The maximum atomic E-state index is 14.4. The highest BCUT2D eigenvalue weighted by atomic mass is 127. The summed E-state index contributed by atoms with van der Waals surface area (Å²) in [5, 5.41) is 7.44. The van der Waals surface area contributed by atoms with Crippen molar-refractivity contribution < 1.29 is 38.1 Å². The quantitative estimate of drug-likeness (QED) is 0.0610. The molecule has 3 aromatic carbocycles. The molecule has 17 heteroatoms. The van der Waals surface area contributed by atoms with Crippen LogP contribution in [0.2, 0.25) is 0 Å². The van der Waals surface area contributed by atoms with E-state index >= 15 is 0 Å². The van der Waals surface area contributed by atoms with Crippen molar-refractivity contribution in [3.8, 4) is 28.1 Å². The third-order valence-corrected chi connectivity index (χ3v) is 14.4. The molecule has 4 N–H and O–H groups in total. The summed E-state index contributed by atoms with van der Waals surface area (Å²) in [5.41, 5.74) is 6.60. The van der Waals surface area contributed by atoms with Crippen molar-refractivity contribution in [2.24, 2.45) is 5.92 Å². The molecular formula is C46H53IN8O8. The molecular weight excluding hydrogens is 919 g/mol. The molecule has 9 rings (SSSR count). The first kappa shape index (κ1) is 42.9. The van der Waals surface area contributed by atoms with Gasteiger partial charge in [-0.05, 0) is 104 Å². The molecule has 16 nitrogen and oxygen atoms in total. The van der Waals surface area contributed by atoms with Crippen LogP contribution in [0.15, 0.2) is 48.7 Å². The van der Waals surface area contributed by atoms with Crippen LogP contribution in [0.1, 0.15) is 94.5 Å². The molecule has 0 saturated carbocycles. The highest BCUT2D eigenvalue weighted by Crippen LogP contribution is 2.45. The van der Waals surface area contributed by atoms with Gasteiger partial charge in [0.2, 0.25) is 11.8 Å². The fourth-order valence-corrected chi connectivity index (χ4v) is 11.0. The number of benzene rings is 3. The molecule has 0 radical (unpaired) electrons. The number of methoxy groups -OCH3 is 2. The largest absolute Gasteiger partial charge is 0.488 e. The normalized spacial score (nSPS) is 22.0. The van der Waals surface area contributed by atoms with E-state index in [2.05, 4.69) is 86.5 Å². The van der Waals surface area contributed by atoms with E-state index < -0.39 is 24.3 Å². The molecule has 0 bridgehead atoms. The lowest BCUT2D eigenvalue weighted by atomic mass is 9.90. The van der Waals surface area contributed by atoms with Gasteiger partial charge >= 0.3 is 12.2 Å². The molecule has 0 unspecified atom stereocenters. The summed E-state index contributed by atoms with van der Waals surface area (Å²) in [5.74, 6) is 1.85. The number of aromatic amines is 2. The van der Waals surface area contributed by atoms with E-state index in [1.54, 1.807) is 6.92 Å². The van der Waals surface area contributed by atoms with Crippen LogP contribution in [0.4, 0.5) is 9.59 Å². The lowest BCUT2D eigenvalue weighted by Gasteiger charge is -2.35. The molecule has 0 aliphatic carbocycles. The second-order valence-electron chi connectivity index (χ2n) is 17.0. The number of imidazole rings is 2. The van der Waals surface area contributed by atoms with E-state index in [0.29, 0.717) is 38.5 Å². The molecule has 5 aromatic rings. The Kier molecular flexibility index (Phi) is 12.2. The average Bonchev–Trinajstić information content (AvgIpc) is 4.13. The van der Waals surface area contributed by atoms with Crippen LogP contribution in [0.3, 0.4) is 0 Å². The van der Waals surface area contributed by atoms with Crippen LogP contribution >= 0.6 is 22.6 Å². The van der Waals surface area contributed by atoms with Crippen LogP contribution in [0.25, 0.3) is 44.2 Å². The Morgan fingerprint density at radius 2 is 1.63 bits per heavy atom. The number of rotatable bonds is 10. The van der Waals surface area contributed by atoms with Crippen molar-refractivity contribution in [2.45, 2.75) is 106 Å². The summed E-state index contributed by atoms with van der Waals surface area (Å²) in [4.78, 5) is 73.3. The minimum atomic E-state index is -0.737. The summed E-state index contributed by atoms with van der Waals surface area (Å²) in [6, 6.07) is 12.7. The minimum absolute atomic E-state index is 0.0570. The molecule has 4 amide bonds. The molecule has 63 heavy (non-hydrogen) atoms. The lowest BCUT2D eigenvalue weighted by Crippen LogP contribution is -2.54. The maximum absolute atomic E-state index is 14.4. The number of nitrogens with zero attached hydrogens (tertiary/aromatic N) is 4. The fourth-order valence-electron chi connectivity index (χ4n) is 10.0. The van der Waals surface area contributed by atoms with E-state index in [-0.39, 0.29) is 39.9 Å². The summed E-state index contributed by atoms with van der Waals surface area (Å²) in [7, 11) is 2.60. The molecule has 4 aliphatic heterocycles. The Labute approximate surface area is 378 Å². The number of H-pyrrole nitrogens is 2. The number of alkyl carbamates (subject to hydrolysis) is 2. The van der Waals surface area contributed by atoms with E-state index in [4.69, 9.17) is 28.9 Å². The first-order valence-electron chi connectivity index (χ1n) is 21.9. The molecule has 4 aliphatic rings. The Morgan fingerprint density at radius 1 is 0.873 bits per heavy atom. The standard InChI is InChI=1S/C46H53IN8O8/c1-5-6-29-9-12-35(54(29)43(56)24(2)49-45(58)60-3)41-48-22-34(51-41)27-7-10-30-28(19-27)23-63-37-21-31-26(20-32(30)37)8-11-33-40(31)52-42(50-33)36-13-14-38(47)55(36)44(57)39(53-46(59)61-4)25-15-17-62-18-16-25/h7-8,10-11,19-22,24-25,29,35-36,38-39H,5-6,9,12-18,23H2,1-4H3,(H,48,51)(H,49,58)(H,50,52)(H,53,59)/t24-,29-,35-,36-,38+,39-/m0/s1. The van der Waals surface area contributed by atoms with Crippen LogP contribution in [0, 0.1) is 5.92 Å². The summed E-state index contributed by atoms with van der Waals surface area (Å²) in [6.07, 6.45) is 6.88. The van der Waals surface area contributed by atoms with Crippen molar-refractivity contribution in [3.05, 3.63) is 65.9 Å². The summed E-state index contributed by atoms with van der Waals surface area (Å²) in [6.45, 7) is 5.26. The zero-order valence-corrected chi connectivity index (χ0v) is 38.0. The van der Waals surface area contributed by atoms with Gasteiger partial charge in [-0.25, -0.2) is 19.6 Å². The number of likely N-dealkylation sites (tertiary alicyclic amines) is 2. The van der Waals surface area contributed by atoms with Crippen molar-refractivity contribution >= 4 is 68.4 Å². The van der Waals surface area contributed by atoms with Crippen molar-refractivity contribution in [1.82, 2.24) is 40.4 Å². The predicted molar refractivity (Wildman–Crippen MR) is 243 cm³/mol. The average molecular weight is 973 g/mol. The van der Waals surface area contributed by atoms with Crippen LogP contribution in [-0.4, -0.2) is 103 Å². The number of fused-ring (bicyclic) bond motifs is 6. The van der Waals surface area contributed by atoms with E-state index in [1.165, 1.54) is 14.2 Å². The Hall–Kier alpha value is -5.43. The van der Waals surface area contributed by atoms with Gasteiger partial charge in [0, 0.05) is 30.2 Å². The van der Waals surface area contributed by atoms with Gasteiger partial charge in [-0.15, -0.1) is 0 Å². The molecule has 6 atom stereocenters. The number of hydrogen-bond donors (Lipinski definition) is 4. The highest BCUT2D eigenvalue weighted by molar-refractivity contribution is 14.1. The molecule has 332 valence electrons. The SMILES string of the molecule is CCC[C@H]1CC[C@@H](c2ncc(-c3ccc4c(c3)COc3cc5c(ccc6[nH]c([C@@H]7CC[C@H](I)N7C(=O)[C@@H](NC(=O)OC)C7CCOCC7)nc65)cc3-4)[nH]2)N1C(=O)[C@H](C)NC(=O)OC. The molecule has 6 heterocycles. The monoisotopic (exact) mass is 972 g/mol. The molecule has 3 fully saturated rings. The molecule has 2 aromatic heterocycles. The van der Waals surface area contributed by atoms with Gasteiger partial charge in [0.15, 0.2) is 0 Å². The minimum Gasteiger partial charge on any atom is -0.488 e. The van der Waals surface area contributed by atoms with Gasteiger partial charge in [-0.1, -0.05) is 54.1 Å². The number of ether oxygens (including phenoxy) is 4. The van der Waals surface area contributed by atoms with Crippen LogP contribution < -0.4 is 15.4 Å². The summed E-state index contributed by atoms with van der Waals surface area (Å²) >= 11 is 2.33. The van der Waals surface area contributed by atoms with E-state index in [0.717, 1.165) is 99.9 Å². The van der Waals surface area contributed by atoms with E-state index in [9.17, 15) is 19.2 Å². The van der Waals surface area contributed by atoms with Gasteiger partial charge in [-0.3, -0.25) is 9.59 Å². The number of amides is 4. The van der Waals surface area contributed by atoms with Gasteiger partial charge in [-0.2, -0.15) is 0 Å². The van der Waals surface area contributed by atoms with Gasteiger partial charge in [0.25, 0.3) is 0 Å². The zero-order chi connectivity index (χ0) is 43.9. The number of carbonyl (C=O) groups excluding carboxylic acids is 4. The fraction of sp³-hybridized carbons (Fsp3) is 0.478. The predicted octanol–water partition coefficient (Wildman–Crippen LogP) is 7.82. The van der Waals surface area contributed by atoms with Crippen molar-refractivity contribution in [2.75, 3.05) is 27.4 Å². The number of aromatic nitrogens is 4. The molecule has 0 spiro atoms. The topological polar surface area (TPSA) is 193 Å². The number of nitrogens with one attached hydrogen (secondary N) is 4. The second-order valence-corrected chi connectivity index (χ2v) is 18.4. The third-order valence-electron chi connectivity index (χ3n) is 13.2. The highest BCUT2D eigenvalue weighted by Gasteiger charge is 2.44. The maximum Gasteiger partial charge on any atom is 0.407 e. The number of carbonyl (C=O) groups is 4. The van der Waals surface area contributed by atoms with Crippen LogP contribution in [0.5, 0.6) is 5.75 Å². The summed E-state index contributed by atoms with van der Waals surface area (Å²) < 4.78 is 21.6. The van der Waals surface area contributed by atoms with Crippen molar-refractivity contribution in [3.63, 3.8) is 0 Å². The zero-order valence-electron chi connectivity index (χ0n) is 35.9. The lowest BCUT2D eigenvalue weighted by molar-refractivity contribution is -0.137. The number of alkyl halides is 1. The number of hydrogen-bond acceptors (Lipinski definition) is 10. The molecule has 3 saturated heterocycles. The Morgan fingerprint density at radius 3 is 2.41 bits per heavy atom. The van der Waals surface area contributed by atoms with Crippen molar-refractivity contribution in [1.29, 1.82) is 0 Å². The second kappa shape index (κ2) is 18.0. The smallest absolute Gasteiger partial charge is 0.407 e. The first-order valence-corrected chi connectivity index (χ1v) is 23.1. The first-order chi connectivity index (χ1) is 30.6. The Bertz CT molecular complexity index is 2550. The number of halogens is 1. The van der Waals surface area contributed by atoms with Gasteiger partial charge in [0.1, 0.15) is 36.1 Å². The van der Waals surface area contributed by atoms with Crippen LogP contribution in [-0.2, 0) is 30.4 Å². The third kappa shape index (κ3) is 8.17.